The molecule has 4 aliphatic rings. The Bertz CT molecular complexity index is 1170. The third-order valence-corrected chi connectivity index (χ3v) is 9.58. The van der Waals surface area contributed by atoms with Gasteiger partial charge in [-0.15, -0.1) is 0 Å². The van der Waals surface area contributed by atoms with E-state index >= 15 is 0 Å². The monoisotopic (exact) mass is 524 g/mol. The van der Waals surface area contributed by atoms with Crippen molar-refractivity contribution in [3.8, 4) is 0 Å². The van der Waals surface area contributed by atoms with Gasteiger partial charge in [-0.05, 0) is 42.4 Å². The van der Waals surface area contributed by atoms with Gasteiger partial charge in [-0.1, -0.05) is 37.1 Å². The molecule has 35 heavy (non-hydrogen) atoms. The summed E-state index contributed by atoms with van der Waals surface area (Å²) in [5.74, 6) is -1.20. The van der Waals surface area contributed by atoms with Crippen LogP contribution in [-0.2, 0) is 37.4 Å². The number of benzene rings is 1. The maximum atomic E-state index is 13.0. The Hall–Kier alpha value is -2.37. The number of sulfonamides is 1. The highest BCUT2D eigenvalue weighted by Gasteiger charge is 2.61. The van der Waals surface area contributed by atoms with Gasteiger partial charge in [-0.2, -0.15) is 0 Å². The first-order valence-corrected chi connectivity index (χ1v) is 13.9. The van der Waals surface area contributed by atoms with Gasteiger partial charge in [-0.25, -0.2) is 13.2 Å². The van der Waals surface area contributed by atoms with Crippen LogP contribution in [0, 0.1) is 5.92 Å². The van der Waals surface area contributed by atoms with Gasteiger partial charge in [0.25, 0.3) is 5.91 Å². The van der Waals surface area contributed by atoms with Gasteiger partial charge in [0.05, 0.1) is 17.8 Å². The molecular weight excluding hydrogens is 496 g/mol. The molecule has 10 nitrogen and oxygen atoms in total. The van der Waals surface area contributed by atoms with Gasteiger partial charge in [0.15, 0.2) is 0 Å². The van der Waals surface area contributed by atoms with Crippen LogP contribution in [0.1, 0.15) is 50.2 Å². The summed E-state index contributed by atoms with van der Waals surface area (Å²) >= 11 is 6.22. The molecule has 0 spiro atoms. The molecular formula is C23H29ClN4O6S. The molecule has 12 heteroatoms. The number of carbonyl (C=O) groups is 3. The van der Waals surface area contributed by atoms with E-state index in [1.165, 1.54) is 0 Å². The molecule has 2 saturated carbocycles. The van der Waals surface area contributed by atoms with E-state index in [1.807, 2.05) is 19.1 Å². The molecule has 2 aliphatic carbocycles. The Morgan fingerprint density at radius 3 is 2.69 bits per heavy atom. The fourth-order valence-corrected chi connectivity index (χ4v) is 6.64. The predicted molar refractivity (Wildman–Crippen MR) is 127 cm³/mol. The van der Waals surface area contributed by atoms with E-state index < -0.39 is 50.9 Å². The zero-order valence-electron chi connectivity index (χ0n) is 19.4. The molecule has 3 amide bonds. The van der Waals surface area contributed by atoms with E-state index in [2.05, 4.69) is 15.4 Å². The molecule has 0 bridgehead atoms. The summed E-state index contributed by atoms with van der Waals surface area (Å²) in [6, 6.07) is 4.91. The third kappa shape index (κ3) is 4.73. The maximum absolute atomic E-state index is 13.0. The minimum absolute atomic E-state index is 0.125. The van der Waals surface area contributed by atoms with Crippen LogP contribution in [-0.4, -0.2) is 60.7 Å². The van der Waals surface area contributed by atoms with E-state index in [9.17, 15) is 22.8 Å². The van der Waals surface area contributed by atoms with Gasteiger partial charge in [-0.3, -0.25) is 19.2 Å². The molecule has 5 rings (SSSR count). The number of halogens is 1. The van der Waals surface area contributed by atoms with Gasteiger partial charge >= 0.3 is 6.09 Å². The topological polar surface area (TPSA) is 134 Å². The average molecular weight is 525 g/mol. The van der Waals surface area contributed by atoms with Crippen molar-refractivity contribution in [1.29, 1.82) is 0 Å². The van der Waals surface area contributed by atoms with Crippen molar-refractivity contribution < 1.29 is 27.5 Å². The fraction of sp³-hybridized carbons (Fsp3) is 0.609. The summed E-state index contributed by atoms with van der Waals surface area (Å²) in [7, 11) is -3.71. The van der Waals surface area contributed by atoms with Crippen molar-refractivity contribution in [2.45, 2.75) is 75.1 Å². The number of hydrogen-bond donors (Lipinski definition) is 3. The Morgan fingerprint density at radius 2 is 2.03 bits per heavy atom. The molecule has 4 atom stereocenters. The van der Waals surface area contributed by atoms with E-state index in [0.29, 0.717) is 50.3 Å². The van der Waals surface area contributed by atoms with Crippen LogP contribution in [0.5, 0.6) is 0 Å². The second-order valence-electron chi connectivity index (χ2n) is 9.88. The number of rotatable bonds is 7. The molecule has 1 saturated heterocycles. The second kappa shape index (κ2) is 8.94. The van der Waals surface area contributed by atoms with Gasteiger partial charge in [0.1, 0.15) is 11.6 Å². The van der Waals surface area contributed by atoms with E-state index in [-0.39, 0.29) is 12.3 Å². The summed E-state index contributed by atoms with van der Waals surface area (Å²) in [6.45, 7) is 2.99. The first-order valence-electron chi connectivity index (χ1n) is 12.0. The molecule has 0 radical (unpaired) electrons. The fourth-order valence-electron chi connectivity index (χ4n) is 5.02. The van der Waals surface area contributed by atoms with Crippen molar-refractivity contribution >= 4 is 39.5 Å². The highest BCUT2D eigenvalue weighted by Crippen LogP contribution is 2.46. The summed E-state index contributed by atoms with van der Waals surface area (Å²) < 4.78 is 32.3. The van der Waals surface area contributed by atoms with Crippen LogP contribution >= 0.6 is 11.6 Å². The number of fused-ring (bicyclic) bond motifs is 1. The zero-order chi connectivity index (χ0) is 25.0. The molecule has 3 fully saturated rings. The largest absolute Gasteiger partial charge is 0.445 e. The number of nitrogens with zero attached hydrogens (tertiary/aromatic N) is 1. The quantitative estimate of drug-likeness (QED) is 0.491. The Morgan fingerprint density at radius 1 is 1.26 bits per heavy atom. The lowest BCUT2D eigenvalue weighted by Crippen LogP contribution is -2.55. The van der Waals surface area contributed by atoms with Crippen molar-refractivity contribution in [1.82, 2.24) is 20.3 Å². The average Bonchev–Trinajstić information content (AvgIpc) is 3.69. The molecule has 1 unspecified atom stereocenters. The molecule has 2 heterocycles. The second-order valence-corrected chi connectivity index (χ2v) is 12.2. The lowest BCUT2D eigenvalue weighted by molar-refractivity contribution is -0.130. The normalized spacial score (nSPS) is 29.4. The standard InChI is InChI=1S/C23H29ClN4O6S/c1-2-14-9-23(14,21(30)27-35(32,33)16-6-7-16)26-20(29)19-8-15(10-25-19)34-22(31)28-11-13-4-3-5-18(24)17(13)12-28/h3-5,14-16,19,25H,2,6-12H2,1H3,(H,26,29)(H,27,30)/t14-,15-,19+,23?/m1/s1. The maximum Gasteiger partial charge on any atom is 0.410 e. The Labute approximate surface area is 209 Å². The van der Waals surface area contributed by atoms with Crippen LogP contribution in [0.25, 0.3) is 0 Å². The third-order valence-electron chi connectivity index (χ3n) is 7.41. The first kappa shape index (κ1) is 24.3. The smallest absolute Gasteiger partial charge is 0.410 e. The Balaban J connectivity index is 1.15. The number of hydrogen-bond acceptors (Lipinski definition) is 7. The molecule has 2 aliphatic heterocycles. The van der Waals surface area contributed by atoms with Gasteiger partial charge in [0.2, 0.25) is 15.9 Å². The lowest BCUT2D eigenvalue weighted by atomic mass is 10.1. The zero-order valence-corrected chi connectivity index (χ0v) is 21.0. The van der Waals surface area contributed by atoms with Crippen molar-refractivity contribution in [3.05, 3.63) is 34.3 Å². The summed E-state index contributed by atoms with van der Waals surface area (Å²) in [5, 5.41) is 5.94. The van der Waals surface area contributed by atoms with Crippen molar-refractivity contribution in [2.75, 3.05) is 6.54 Å². The molecule has 3 N–H and O–H groups in total. The van der Waals surface area contributed by atoms with Crippen molar-refractivity contribution in [2.24, 2.45) is 5.92 Å². The summed E-state index contributed by atoms with van der Waals surface area (Å²) in [5.41, 5.74) is 0.679. The highest BCUT2D eigenvalue weighted by molar-refractivity contribution is 7.91. The van der Waals surface area contributed by atoms with E-state index in [0.717, 1.165) is 11.1 Å². The summed E-state index contributed by atoms with van der Waals surface area (Å²) in [4.78, 5) is 40.1. The minimum Gasteiger partial charge on any atom is -0.445 e. The number of nitrogens with one attached hydrogen (secondary N) is 3. The van der Waals surface area contributed by atoms with E-state index in [1.54, 1.807) is 11.0 Å². The molecule has 1 aromatic rings. The SMILES string of the molecule is CC[C@@H]1CC1(NC(=O)[C@@H]1C[C@@H](OC(=O)N2Cc3cccc(Cl)c3C2)CN1)C(=O)NS(=O)(=O)C1CC1. The van der Waals surface area contributed by atoms with E-state index in [4.69, 9.17) is 16.3 Å². The van der Waals surface area contributed by atoms with Crippen LogP contribution < -0.4 is 15.4 Å². The first-order chi connectivity index (χ1) is 16.6. The number of amides is 3. The minimum atomic E-state index is -3.71. The van der Waals surface area contributed by atoms with Gasteiger partial charge < -0.3 is 15.4 Å². The predicted octanol–water partition coefficient (Wildman–Crippen LogP) is 1.42. The van der Waals surface area contributed by atoms with Crippen LogP contribution in [0.15, 0.2) is 18.2 Å². The molecule has 0 aromatic heterocycles. The number of ether oxygens (including phenoxy) is 1. The lowest BCUT2D eigenvalue weighted by Gasteiger charge is -2.21. The van der Waals surface area contributed by atoms with Crippen LogP contribution in [0.4, 0.5) is 4.79 Å². The highest BCUT2D eigenvalue weighted by atomic mass is 35.5. The molecule has 190 valence electrons. The van der Waals surface area contributed by atoms with Crippen LogP contribution in [0.3, 0.4) is 0 Å². The van der Waals surface area contributed by atoms with Gasteiger partial charge in [0, 0.05) is 24.5 Å². The molecule has 1 aromatic carbocycles. The Kier molecular flexibility index (Phi) is 6.21. The summed E-state index contributed by atoms with van der Waals surface area (Å²) in [6.07, 6.45) is 1.40. The number of carbonyl (C=O) groups excluding carboxylic acids is 3. The van der Waals surface area contributed by atoms with Crippen molar-refractivity contribution in [3.63, 3.8) is 0 Å². The van der Waals surface area contributed by atoms with Crippen LogP contribution in [0.2, 0.25) is 5.02 Å².